The van der Waals surface area contributed by atoms with Crippen LogP contribution in [-0.4, -0.2) is 36.5 Å². The van der Waals surface area contributed by atoms with Crippen molar-refractivity contribution in [1.82, 2.24) is 10.2 Å². The molecule has 0 aliphatic carbocycles. The Morgan fingerprint density at radius 3 is 2.70 bits per heavy atom. The summed E-state index contributed by atoms with van der Waals surface area (Å²) in [6.45, 7) is 2.18. The number of carbonyl (C=O) groups is 1. The molecule has 0 bridgehead atoms. The molecule has 6 heteroatoms. The topological polar surface area (TPSA) is 41.6 Å². The van der Waals surface area contributed by atoms with E-state index in [4.69, 9.17) is 4.74 Å². The normalized spacial score (nSPS) is 17.0. The van der Waals surface area contributed by atoms with Gasteiger partial charge in [-0.1, -0.05) is 18.2 Å². The minimum Gasteiger partial charge on any atom is -0.494 e. The Bertz CT molecular complexity index is 752. The van der Waals surface area contributed by atoms with Gasteiger partial charge in [0.1, 0.15) is 17.4 Å². The van der Waals surface area contributed by atoms with E-state index in [0.717, 1.165) is 19.4 Å². The van der Waals surface area contributed by atoms with Crippen molar-refractivity contribution in [3.8, 4) is 5.75 Å². The largest absolute Gasteiger partial charge is 0.494 e. The molecule has 4 nitrogen and oxygen atoms in total. The second kappa shape index (κ2) is 9.46. The number of carbonyl (C=O) groups excluding carboxylic acids is 1. The lowest BCUT2D eigenvalue weighted by molar-refractivity contribution is -0.125. The maximum Gasteiger partial charge on any atom is 0.237 e. The summed E-state index contributed by atoms with van der Waals surface area (Å²) in [6, 6.07) is 12.3. The second-order valence-corrected chi connectivity index (χ2v) is 6.67. The highest BCUT2D eigenvalue weighted by Gasteiger charge is 2.30. The molecule has 1 aliphatic heterocycles. The van der Waals surface area contributed by atoms with Gasteiger partial charge < -0.3 is 10.1 Å². The molecule has 1 atom stereocenters. The van der Waals surface area contributed by atoms with Crippen LogP contribution in [0.15, 0.2) is 48.5 Å². The zero-order chi connectivity index (χ0) is 19.1. The minimum atomic E-state index is -0.300. The van der Waals surface area contributed by atoms with Crippen molar-refractivity contribution in [2.75, 3.05) is 19.7 Å². The first-order valence-electron chi connectivity index (χ1n) is 9.27. The quantitative estimate of drug-likeness (QED) is 0.719. The van der Waals surface area contributed by atoms with E-state index in [1.54, 1.807) is 24.3 Å². The monoisotopic (exact) mass is 374 g/mol. The average Bonchev–Trinajstić information content (AvgIpc) is 3.13. The standard InChI is InChI=1S/C21H24F2N2O2/c22-17-8-10-18(11-9-17)27-14-4-12-24-21(26)20-7-3-13-25(20)15-16-5-1-2-6-19(16)23/h1-2,5-6,8-11,20H,3-4,7,12-15H2,(H,24,26). The molecule has 1 fully saturated rings. The van der Waals surface area contributed by atoms with Gasteiger partial charge in [0.25, 0.3) is 0 Å². The number of nitrogens with zero attached hydrogens (tertiary/aromatic N) is 1. The molecule has 1 amide bonds. The summed E-state index contributed by atoms with van der Waals surface area (Å²) in [5, 5.41) is 2.94. The molecule has 1 N–H and O–H groups in total. The third kappa shape index (κ3) is 5.50. The van der Waals surface area contributed by atoms with Crippen LogP contribution in [0.3, 0.4) is 0 Å². The van der Waals surface area contributed by atoms with Gasteiger partial charge in [0.2, 0.25) is 5.91 Å². The molecule has 2 aromatic carbocycles. The van der Waals surface area contributed by atoms with Crippen LogP contribution >= 0.6 is 0 Å². The summed E-state index contributed by atoms with van der Waals surface area (Å²) in [5.74, 6) is 0.0489. The van der Waals surface area contributed by atoms with E-state index >= 15 is 0 Å². The van der Waals surface area contributed by atoms with Crippen molar-refractivity contribution < 1.29 is 18.3 Å². The number of benzene rings is 2. The van der Waals surface area contributed by atoms with Crippen LogP contribution in [0.25, 0.3) is 0 Å². The molecule has 0 spiro atoms. The van der Waals surface area contributed by atoms with Gasteiger partial charge in [-0.3, -0.25) is 9.69 Å². The fraction of sp³-hybridized carbons (Fsp3) is 0.381. The summed E-state index contributed by atoms with van der Waals surface area (Å²) >= 11 is 0. The van der Waals surface area contributed by atoms with Crippen molar-refractivity contribution in [3.05, 3.63) is 65.7 Å². The molecule has 0 aromatic heterocycles. The fourth-order valence-electron chi connectivity index (χ4n) is 3.28. The van der Waals surface area contributed by atoms with Crippen molar-refractivity contribution in [2.24, 2.45) is 0 Å². The van der Waals surface area contributed by atoms with E-state index in [1.807, 2.05) is 11.0 Å². The Balaban J connectivity index is 1.40. The summed E-state index contributed by atoms with van der Waals surface area (Å²) in [6.07, 6.45) is 2.37. The zero-order valence-corrected chi connectivity index (χ0v) is 15.2. The van der Waals surface area contributed by atoms with E-state index in [-0.39, 0.29) is 23.6 Å². The van der Waals surface area contributed by atoms with Crippen LogP contribution in [-0.2, 0) is 11.3 Å². The number of hydrogen-bond acceptors (Lipinski definition) is 3. The number of ether oxygens (including phenoxy) is 1. The molecule has 144 valence electrons. The Hall–Kier alpha value is -2.47. The number of hydrogen-bond donors (Lipinski definition) is 1. The van der Waals surface area contributed by atoms with Crippen molar-refractivity contribution in [2.45, 2.75) is 31.8 Å². The summed E-state index contributed by atoms with van der Waals surface area (Å²) in [7, 11) is 0. The van der Waals surface area contributed by atoms with Gasteiger partial charge in [-0.25, -0.2) is 8.78 Å². The minimum absolute atomic E-state index is 0.0226. The molecule has 27 heavy (non-hydrogen) atoms. The number of rotatable bonds is 8. The van der Waals surface area contributed by atoms with Crippen LogP contribution in [0, 0.1) is 11.6 Å². The number of halogens is 2. The molecule has 2 aromatic rings. The van der Waals surface area contributed by atoms with E-state index in [2.05, 4.69) is 5.32 Å². The molecular weight excluding hydrogens is 350 g/mol. The van der Waals surface area contributed by atoms with E-state index in [0.29, 0.717) is 37.4 Å². The molecule has 0 radical (unpaired) electrons. The Morgan fingerprint density at radius 1 is 1.15 bits per heavy atom. The number of amides is 1. The molecule has 1 saturated heterocycles. The first kappa shape index (κ1) is 19.3. The Kier molecular flexibility index (Phi) is 6.76. The van der Waals surface area contributed by atoms with Gasteiger partial charge >= 0.3 is 0 Å². The van der Waals surface area contributed by atoms with Crippen LogP contribution < -0.4 is 10.1 Å². The van der Waals surface area contributed by atoms with Gasteiger partial charge in [0, 0.05) is 18.7 Å². The SMILES string of the molecule is O=C(NCCCOc1ccc(F)cc1)C1CCCN1Cc1ccccc1F. The number of likely N-dealkylation sites (tertiary alicyclic amines) is 1. The molecule has 1 unspecified atom stereocenters. The van der Waals surface area contributed by atoms with Crippen LogP contribution in [0.4, 0.5) is 8.78 Å². The summed E-state index contributed by atoms with van der Waals surface area (Å²) in [4.78, 5) is 14.5. The van der Waals surface area contributed by atoms with Crippen LogP contribution in [0.2, 0.25) is 0 Å². The molecular formula is C21H24F2N2O2. The predicted molar refractivity (Wildman–Crippen MR) is 99.4 cm³/mol. The number of nitrogens with one attached hydrogen (secondary N) is 1. The lowest BCUT2D eigenvalue weighted by atomic mass is 10.1. The second-order valence-electron chi connectivity index (χ2n) is 6.67. The maximum absolute atomic E-state index is 13.9. The molecule has 1 heterocycles. The van der Waals surface area contributed by atoms with E-state index in [1.165, 1.54) is 18.2 Å². The maximum atomic E-state index is 13.9. The smallest absolute Gasteiger partial charge is 0.237 e. The third-order valence-electron chi connectivity index (χ3n) is 4.70. The van der Waals surface area contributed by atoms with Gasteiger partial charge in [-0.15, -0.1) is 0 Å². The highest BCUT2D eigenvalue weighted by atomic mass is 19.1. The molecule has 0 saturated carbocycles. The first-order valence-corrected chi connectivity index (χ1v) is 9.27. The van der Waals surface area contributed by atoms with Crippen LogP contribution in [0.1, 0.15) is 24.8 Å². The van der Waals surface area contributed by atoms with E-state index in [9.17, 15) is 13.6 Å². The average molecular weight is 374 g/mol. The summed E-state index contributed by atoms with van der Waals surface area (Å²) < 4.78 is 32.2. The van der Waals surface area contributed by atoms with Crippen molar-refractivity contribution in [1.29, 1.82) is 0 Å². The fourth-order valence-corrected chi connectivity index (χ4v) is 3.28. The van der Waals surface area contributed by atoms with Gasteiger partial charge in [-0.2, -0.15) is 0 Å². The third-order valence-corrected chi connectivity index (χ3v) is 4.70. The van der Waals surface area contributed by atoms with E-state index < -0.39 is 0 Å². The highest BCUT2D eigenvalue weighted by Crippen LogP contribution is 2.21. The van der Waals surface area contributed by atoms with Crippen LogP contribution in [0.5, 0.6) is 5.75 Å². The van der Waals surface area contributed by atoms with Crippen molar-refractivity contribution in [3.63, 3.8) is 0 Å². The summed E-state index contributed by atoms with van der Waals surface area (Å²) in [5.41, 5.74) is 0.616. The Labute approximate surface area is 158 Å². The lowest BCUT2D eigenvalue weighted by Crippen LogP contribution is -2.43. The molecule has 1 aliphatic rings. The predicted octanol–water partition coefficient (Wildman–Crippen LogP) is 3.51. The zero-order valence-electron chi connectivity index (χ0n) is 15.2. The van der Waals surface area contributed by atoms with Gasteiger partial charge in [-0.05, 0) is 56.1 Å². The highest BCUT2D eigenvalue weighted by molar-refractivity contribution is 5.82. The lowest BCUT2D eigenvalue weighted by Gasteiger charge is -2.24. The van der Waals surface area contributed by atoms with Crippen molar-refractivity contribution >= 4 is 5.91 Å². The Morgan fingerprint density at radius 2 is 1.93 bits per heavy atom. The van der Waals surface area contributed by atoms with Gasteiger partial charge in [0.05, 0.1) is 12.6 Å². The molecule has 3 rings (SSSR count). The first-order chi connectivity index (χ1) is 13.1. The van der Waals surface area contributed by atoms with Gasteiger partial charge in [0.15, 0.2) is 0 Å².